The number of nitrogens with zero attached hydrogens (tertiary/aromatic N) is 4. The van der Waals surface area contributed by atoms with Gasteiger partial charge in [0.25, 0.3) is 5.91 Å². The fourth-order valence-electron chi connectivity index (χ4n) is 4.64. The van der Waals surface area contributed by atoms with Crippen LogP contribution in [0.2, 0.25) is 5.02 Å². The smallest absolute Gasteiger partial charge is 0.272 e. The molecule has 2 amide bonds. The number of carbonyl (C=O) groups is 2. The Morgan fingerprint density at radius 1 is 1.23 bits per heavy atom. The summed E-state index contributed by atoms with van der Waals surface area (Å²) < 4.78 is 1.88. The van der Waals surface area contributed by atoms with Crippen LogP contribution in [0.1, 0.15) is 62.5 Å². The first-order chi connectivity index (χ1) is 15.0. The molecule has 0 radical (unpaired) electrons. The van der Waals surface area contributed by atoms with E-state index in [-0.39, 0.29) is 24.4 Å². The van der Waals surface area contributed by atoms with Crippen molar-refractivity contribution in [3.05, 3.63) is 41.0 Å². The monoisotopic (exact) mass is 442 g/mol. The summed E-state index contributed by atoms with van der Waals surface area (Å²) >= 11 is 6.02. The van der Waals surface area contributed by atoms with Crippen LogP contribution in [0, 0.1) is 5.92 Å². The van der Waals surface area contributed by atoms with E-state index in [1.165, 1.54) is 0 Å². The number of fused-ring (bicyclic) bond motifs is 1. The van der Waals surface area contributed by atoms with E-state index in [1.54, 1.807) is 4.90 Å². The number of rotatable bonds is 6. The Labute approximate surface area is 189 Å². The highest BCUT2D eigenvalue weighted by molar-refractivity contribution is 6.30. The summed E-state index contributed by atoms with van der Waals surface area (Å²) in [6.07, 6.45) is 5.27. The summed E-state index contributed by atoms with van der Waals surface area (Å²) in [7, 11) is 0. The molecule has 0 bridgehead atoms. The van der Waals surface area contributed by atoms with Crippen molar-refractivity contribution in [2.45, 2.75) is 52.0 Å². The summed E-state index contributed by atoms with van der Waals surface area (Å²) in [6.45, 7) is 6.61. The standard InChI is InChI=1S/C24H31ClN4O2/c1-3-4-7-20-15-28(16-23(30)27-12-5-6-17(2)14-27)24(31)22-13-21(26-29(20)22)18-8-10-19(25)11-9-18/h8-11,13,17,20H,3-7,12,14-16H2,1-2H3/t17-,20?/m0/s1. The van der Waals surface area contributed by atoms with Crippen molar-refractivity contribution in [2.24, 2.45) is 5.92 Å². The summed E-state index contributed by atoms with van der Waals surface area (Å²) in [5.74, 6) is 0.467. The molecule has 0 N–H and O–H groups in total. The molecule has 1 saturated heterocycles. The molecule has 1 aromatic heterocycles. The van der Waals surface area contributed by atoms with Gasteiger partial charge in [-0.25, -0.2) is 0 Å². The third-order valence-electron chi connectivity index (χ3n) is 6.39. The van der Waals surface area contributed by atoms with Gasteiger partial charge >= 0.3 is 0 Å². The second-order valence-electron chi connectivity index (χ2n) is 8.94. The quantitative estimate of drug-likeness (QED) is 0.654. The Hall–Kier alpha value is -2.34. The van der Waals surface area contributed by atoms with Gasteiger partial charge in [-0.1, -0.05) is 50.4 Å². The van der Waals surface area contributed by atoms with Crippen molar-refractivity contribution in [1.82, 2.24) is 19.6 Å². The van der Waals surface area contributed by atoms with Gasteiger partial charge in [0.05, 0.1) is 11.7 Å². The fraction of sp³-hybridized carbons (Fsp3) is 0.542. The first-order valence-electron chi connectivity index (χ1n) is 11.4. The lowest BCUT2D eigenvalue weighted by Crippen LogP contribution is -2.50. The largest absolute Gasteiger partial charge is 0.341 e. The first-order valence-corrected chi connectivity index (χ1v) is 11.8. The van der Waals surface area contributed by atoms with Crippen LogP contribution in [0.25, 0.3) is 11.3 Å². The SMILES string of the molecule is CCCCC1CN(CC(=O)N2CCC[C@H](C)C2)C(=O)c2cc(-c3ccc(Cl)cc3)nn21. The highest BCUT2D eigenvalue weighted by Gasteiger charge is 2.35. The Bertz CT molecular complexity index is 940. The first kappa shape index (κ1) is 21.9. The number of hydrogen-bond acceptors (Lipinski definition) is 3. The zero-order valence-electron chi connectivity index (χ0n) is 18.4. The number of hydrogen-bond donors (Lipinski definition) is 0. The molecular weight excluding hydrogens is 412 g/mol. The maximum Gasteiger partial charge on any atom is 0.272 e. The minimum atomic E-state index is -0.112. The fourth-order valence-corrected chi connectivity index (χ4v) is 4.77. The predicted octanol–water partition coefficient (Wildman–Crippen LogP) is 4.65. The summed E-state index contributed by atoms with van der Waals surface area (Å²) in [4.78, 5) is 29.9. The van der Waals surface area contributed by atoms with Crippen LogP contribution >= 0.6 is 11.6 Å². The van der Waals surface area contributed by atoms with Gasteiger partial charge in [0.15, 0.2) is 0 Å². The van der Waals surface area contributed by atoms with Crippen molar-refractivity contribution >= 4 is 23.4 Å². The molecule has 3 heterocycles. The minimum Gasteiger partial charge on any atom is -0.341 e. The topological polar surface area (TPSA) is 58.4 Å². The van der Waals surface area contributed by atoms with Gasteiger partial charge in [-0.3, -0.25) is 14.3 Å². The number of aromatic nitrogens is 2. The van der Waals surface area contributed by atoms with Gasteiger partial charge in [-0.05, 0) is 43.4 Å². The van der Waals surface area contributed by atoms with Crippen LogP contribution in [0.5, 0.6) is 0 Å². The predicted molar refractivity (Wildman–Crippen MR) is 122 cm³/mol. The summed E-state index contributed by atoms with van der Waals surface area (Å²) in [5, 5.41) is 5.45. The second-order valence-corrected chi connectivity index (χ2v) is 9.37. The van der Waals surface area contributed by atoms with Gasteiger partial charge in [0, 0.05) is 30.2 Å². The summed E-state index contributed by atoms with van der Waals surface area (Å²) in [5.41, 5.74) is 2.26. The number of unbranched alkanes of at least 4 members (excludes halogenated alkanes) is 1. The highest BCUT2D eigenvalue weighted by atomic mass is 35.5. The number of amides is 2. The van der Waals surface area contributed by atoms with Gasteiger partial charge < -0.3 is 9.80 Å². The van der Waals surface area contributed by atoms with E-state index in [4.69, 9.17) is 16.7 Å². The molecule has 166 valence electrons. The highest BCUT2D eigenvalue weighted by Crippen LogP contribution is 2.30. The molecule has 2 aliphatic heterocycles. The molecule has 6 nitrogen and oxygen atoms in total. The van der Waals surface area contributed by atoms with Gasteiger partial charge in [0.1, 0.15) is 12.2 Å². The van der Waals surface area contributed by atoms with Crippen LogP contribution in [-0.2, 0) is 4.79 Å². The molecule has 2 aromatic rings. The average molecular weight is 443 g/mol. The lowest BCUT2D eigenvalue weighted by molar-refractivity contribution is -0.133. The molecule has 7 heteroatoms. The third-order valence-corrected chi connectivity index (χ3v) is 6.64. The van der Waals surface area contributed by atoms with Crippen molar-refractivity contribution in [2.75, 3.05) is 26.2 Å². The zero-order valence-corrected chi connectivity index (χ0v) is 19.1. The third kappa shape index (κ3) is 4.79. The Kier molecular flexibility index (Phi) is 6.65. The molecule has 0 aliphatic carbocycles. The normalized spacial score (nSPS) is 21.3. The Balaban J connectivity index is 1.57. The average Bonchev–Trinajstić information content (AvgIpc) is 3.21. The molecule has 1 unspecified atom stereocenters. The van der Waals surface area contributed by atoms with Crippen LogP contribution in [0.3, 0.4) is 0 Å². The minimum absolute atomic E-state index is 0.0556. The van der Waals surface area contributed by atoms with Gasteiger partial charge in [0.2, 0.25) is 5.91 Å². The number of likely N-dealkylation sites (tertiary alicyclic amines) is 1. The van der Waals surface area contributed by atoms with E-state index >= 15 is 0 Å². The Morgan fingerprint density at radius 3 is 2.71 bits per heavy atom. The van der Waals surface area contributed by atoms with E-state index in [1.807, 2.05) is 39.9 Å². The molecule has 0 spiro atoms. The van der Waals surface area contributed by atoms with E-state index in [9.17, 15) is 9.59 Å². The maximum absolute atomic E-state index is 13.3. The molecule has 2 aliphatic rings. The lowest BCUT2D eigenvalue weighted by atomic mass is 10.0. The number of halogens is 1. The Morgan fingerprint density at radius 2 is 2.00 bits per heavy atom. The number of piperidine rings is 1. The molecule has 31 heavy (non-hydrogen) atoms. The van der Waals surface area contributed by atoms with Crippen LogP contribution in [-0.4, -0.2) is 57.6 Å². The number of carbonyl (C=O) groups excluding carboxylic acids is 2. The maximum atomic E-state index is 13.3. The molecule has 1 aromatic carbocycles. The van der Waals surface area contributed by atoms with Crippen LogP contribution < -0.4 is 0 Å². The number of benzene rings is 1. The van der Waals surface area contributed by atoms with E-state index < -0.39 is 0 Å². The van der Waals surface area contributed by atoms with Crippen molar-refractivity contribution in [3.8, 4) is 11.3 Å². The van der Waals surface area contributed by atoms with Crippen molar-refractivity contribution < 1.29 is 9.59 Å². The zero-order chi connectivity index (χ0) is 22.0. The summed E-state index contributed by atoms with van der Waals surface area (Å²) in [6, 6.07) is 9.43. The molecular formula is C24H31ClN4O2. The molecule has 0 saturated carbocycles. The van der Waals surface area contributed by atoms with E-state index in [2.05, 4.69) is 13.8 Å². The van der Waals surface area contributed by atoms with E-state index in [0.29, 0.717) is 23.2 Å². The molecule has 4 rings (SSSR count). The van der Waals surface area contributed by atoms with E-state index in [0.717, 1.165) is 56.5 Å². The van der Waals surface area contributed by atoms with Crippen molar-refractivity contribution in [1.29, 1.82) is 0 Å². The second kappa shape index (κ2) is 9.43. The lowest BCUT2D eigenvalue weighted by Gasteiger charge is -2.36. The molecule has 2 atom stereocenters. The van der Waals surface area contributed by atoms with Crippen molar-refractivity contribution in [3.63, 3.8) is 0 Å². The van der Waals surface area contributed by atoms with Gasteiger partial charge in [-0.15, -0.1) is 0 Å². The van der Waals surface area contributed by atoms with Crippen LogP contribution in [0.15, 0.2) is 30.3 Å². The molecule has 1 fully saturated rings. The van der Waals surface area contributed by atoms with Gasteiger partial charge in [-0.2, -0.15) is 5.10 Å². The van der Waals surface area contributed by atoms with Crippen LogP contribution in [0.4, 0.5) is 0 Å².